The van der Waals surface area contributed by atoms with Gasteiger partial charge in [0.15, 0.2) is 0 Å². The molecule has 0 spiro atoms. The molecule has 0 radical (unpaired) electrons. The molecule has 2 unspecified atom stereocenters. The van der Waals surface area contributed by atoms with Gasteiger partial charge in [0.05, 0.1) is 0 Å². The van der Waals surface area contributed by atoms with E-state index >= 15 is 0 Å². The summed E-state index contributed by atoms with van der Waals surface area (Å²) in [6, 6.07) is -0.0466. The van der Waals surface area contributed by atoms with E-state index in [0.717, 1.165) is 6.42 Å². The van der Waals surface area contributed by atoms with Crippen LogP contribution >= 0.6 is 0 Å². The van der Waals surface area contributed by atoms with Crippen molar-refractivity contribution in [3.05, 3.63) is 0 Å². The van der Waals surface area contributed by atoms with Crippen molar-refractivity contribution in [2.75, 3.05) is 6.61 Å². The Morgan fingerprint density at radius 3 is 2.18 bits per heavy atom. The van der Waals surface area contributed by atoms with Crippen LogP contribution in [0.2, 0.25) is 0 Å². The molecule has 2 atom stereocenters. The third-order valence-electron chi connectivity index (χ3n) is 2.06. The molecule has 0 aliphatic rings. The van der Waals surface area contributed by atoms with E-state index in [0.29, 0.717) is 0 Å². The van der Waals surface area contributed by atoms with Crippen LogP contribution in [0.5, 0.6) is 0 Å². The van der Waals surface area contributed by atoms with Crippen molar-refractivity contribution in [1.29, 1.82) is 0 Å². The zero-order valence-corrected chi connectivity index (χ0v) is 7.67. The predicted molar refractivity (Wildman–Crippen MR) is 47.1 cm³/mol. The van der Waals surface area contributed by atoms with Crippen molar-refractivity contribution < 1.29 is 5.11 Å². The van der Waals surface area contributed by atoms with E-state index in [9.17, 15) is 0 Å². The zero-order valence-electron chi connectivity index (χ0n) is 7.67. The van der Waals surface area contributed by atoms with Gasteiger partial charge in [-0.2, -0.15) is 0 Å². The normalized spacial score (nSPS) is 18.0. The number of nitrogens with two attached hydrogens (primary N) is 2. The van der Waals surface area contributed by atoms with E-state index in [-0.39, 0.29) is 24.1 Å². The minimum atomic E-state index is -0.353. The fraction of sp³-hybridized carbons (Fsp3) is 1.00. The summed E-state index contributed by atoms with van der Waals surface area (Å²) >= 11 is 0. The van der Waals surface area contributed by atoms with E-state index in [2.05, 4.69) is 0 Å². The molecule has 0 aliphatic carbocycles. The number of hydrogen-bond acceptors (Lipinski definition) is 3. The summed E-state index contributed by atoms with van der Waals surface area (Å²) in [5, 5.41) is 8.65. The van der Waals surface area contributed by atoms with Gasteiger partial charge in [-0.05, 0) is 26.2 Å². The van der Waals surface area contributed by atoms with Crippen molar-refractivity contribution in [3.8, 4) is 0 Å². The average Bonchev–Trinajstić information content (AvgIpc) is 1.85. The van der Waals surface area contributed by atoms with E-state index in [4.69, 9.17) is 16.6 Å². The third-order valence-corrected chi connectivity index (χ3v) is 2.06. The Labute approximate surface area is 68.8 Å². The summed E-state index contributed by atoms with van der Waals surface area (Å²) < 4.78 is 0. The summed E-state index contributed by atoms with van der Waals surface area (Å²) in [4.78, 5) is 0. The molecule has 0 heterocycles. The van der Waals surface area contributed by atoms with Crippen LogP contribution < -0.4 is 11.5 Å². The summed E-state index contributed by atoms with van der Waals surface area (Å²) in [5.74, 6) is 0.278. The molecule has 3 nitrogen and oxygen atoms in total. The Morgan fingerprint density at radius 2 is 1.91 bits per heavy atom. The van der Waals surface area contributed by atoms with Gasteiger partial charge in [0.2, 0.25) is 0 Å². The van der Waals surface area contributed by atoms with E-state index < -0.39 is 0 Å². The molecule has 0 fully saturated rings. The second kappa shape index (κ2) is 4.04. The maximum absolute atomic E-state index is 8.65. The molecule has 0 rings (SSSR count). The Balaban J connectivity index is 3.91. The molecule has 0 saturated heterocycles. The van der Waals surface area contributed by atoms with E-state index in [1.807, 2.05) is 20.8 Å². The highest BCUT2D eigenvalue weighted by molar-refractivity contribution is 4.88. The molecule has 3 heteroatoms. The van der Waals surface area contributed by atoms with Crippen LogP contribution in [0.3, 0.4) is 0 Å². The van der Waals surface area contributed by atoms with Crippen LogP contribution in [0.1, 0.15) is 27.2 Å². The highest BCUT2D eigenvalue weighted by atomic mass is 16.3. The molecule has 0 bridgehead atoms. The van der Waals surface area contributed by atoms with Gasteiger partial charge in [0.1, 0.15) is 0 Å². The number of aliphatic hydroxyl groups is 1. The summed E-state index contributed by atoms with van der Waals surface area (Å²) in [6.45, 7) is 6.01. The fourth-order valence-corrected chi connectivity index (χ4v) is 1.12. The first-order chi connectivity index (χ1) is 4.89. The maximum atomic E-state index is 8.65. The van der Waals surface area contributed by atoms with Crippen LogP contribution in [-0.4, -0.2) is 23.3 Å². The summed E-state index contributed by atoms with van der Waals surface area (Å²) in [7, 11) is 0. The van der Waals surface area contributed by atoms with Gasteiger partial charge in [0.25, 0.3) is 0 Å². The van der Waals surface area contributed by atoms with Crippen molar-refractivity contribution in [2.45, 2.75) is 38.8 Å². The van der Waals surface area contributed by atoms with Crippen molar-refractivity contribution >= 4 is 0 Å². The highest BCUT2D eigenvalue weighted by Gasteiger charge is 2.25. The van der Waals surface area contributed by atoms with Gasteiger partial charge in [-0.15, -0.1) is 0 Å². The number of aliphatic hydroxyl groups excluding tert-OH is 1. The van der Waals surface area contributed by atoms with Gasteiger partial charge >= 0.3 is 0 Å². The highest BCUT2D eigenvalue weighted by Crippen LogP contribution is 2.14. The lowest BCUT2D eigenvalue weighted by Crippen LogP contribution is -2.53. The molecular formula is C8H20N2O. The Morgan fingerprint density at radius 1 is 1.45 bits per heavy atom. The lowest BCUT2D eigenvalue weighted by molar-refractivity contribution is 0.225. The lowest BCUT2D eigenvalue weighted by atomic mass is 9.85. The molecule has 0 aromatic rings. The molecule has 5 N–H and O–H groups in total. The molecule has 0 saturated carbocycles. The Hall–Kier alpha value is -0.120. The quantitative estimate of drug-likeness (QED) is 0.545. The van der Waals surface area contributed by atoms with E-state index in [1.54, 1.807) is 0 Å². The maximum Gasteiger partial charge on any atom is 0.0434 e. The molecule has 0 aromatic carbocycles. The topological polar surface area (TPSA) is 72.3 Å². The first kappa shape index (κ1) is 10.9. The smallest absolute Gasteiger partial charge is 0.0434 e. The van der Waals surface area contributed by atoms with Crippen LogP contribution in [0, 0.1) is 5.92 Å². The van der Waals surface area contributed by atoms with Crippen LogP contribution in [-0.2, 0) is 0 Å². The second-order valence-corrected chi connectivity index (χ2v) is 3.84. The van der Waals surface area contributed by atoms with Crippen molar-refractivity contribution in [3.63, 3.8) is 0 Å². The predicted octanol–water partition coefficient (Wildman–Crippen LogP) is 0.0695. The number of rotatable bonds is 4. The summed E-state index contributed by atoms with van der Waals surface area (Å²) in [5.41, 5.74) is 11.3. The Kier molecular flexibility index (Phi) is 4.00. The van der Waals surface area contributed by atoms with Gasteiger partial charge in [-0.3, -0.25) is 0 Å². The van der Waals surface area contributed by atoms with Crippen molar-refractivity contribution in [1.82, 2.24) is 0 Å². The molecule has 0 aliphatic heterocycles. The lowest BCUT2D eigenvalue weighted by Gasteiger charge is -2.31. The zero-order chi connectivity index (χ0) is 9.07. The molecular weight excluding hydrogens is 140 g/mol. The summed E-state index contributed by atoms with van der Waals surface area (Å²) in [6.07, 6.45) is 0.724. The average molecular weight is 160 g/mol. The Bertz CT molecular complexity index is 109. The molecule has 0 aromatic heterocycles. The minimum Gasteiger partial charge on any atom is -0.396 e. The third kappa shape index (κ3) is 3.70. The largest absolute Gasteiger partial charge is 0.396 e. The van der Waals surface area contributed by atoms with Gasteiger partial charge in [-0.1, -0.05) is 6.92 Å². The molecule has 0 amide bonds. The minimum absolute atomic E-state index is 0.0466. The van der Waals surface area contributed by atoms with Gasteiger partial charge in [0, 0.05) is 18.2 Å². The van der Waals surface area contributed by atoms with Crippen LogP contribution in [0.4, 0.5) is 0 Å². The first-order valence-electron chi connectivity index (χ1n) is 4.05. The van der Waals surface area contributed by atoms with E-state index in [1.165, 1.54) is 0 Å². The van der Waals surface area contributed by atoms with Crippen LogP contribution in [0.25, 0.3) is 0 Å². The van der Waals surface area contributed by atoms with Crippen molar-refractivity contribution in [2.24, 2.45) is 17.4 Å². The molecule has 11 heavy (non-hydrogen) atoms. The standard InChI is InChI=1S/C8H20N2O/c1-6(4-5-11)7(9)8(2,3)10/h6-7,11H,4-5,9-10H2,1-3H3. The second-order valence-electron chi connectivity index (χ2n) is 3.84. The van der Waals surface area contributed by atoms with Crippen LogP contribution in [0.15, 0.2) is 0 Å². The van der Waals surface area contributed by atoms with Gasteiger partial charge < -0.3 is 16.6 Å². The number of hydrogen-bond donors (Lipinski definition) is 3. The SMILES string of the molecule is CC(CCO)C(N)C(C)(C)N. The fourth-order valence-electron chi connectivity index (χ4n) is 1.12. The monoisotopic (exact) mass is 160 g/mol. The first-order valence-corrected chi connectivity index (χ1v) is 4.05. The molecule has 68 valence electrons. The van der Waals surface area contributed by atoms with Gasteiger partial charge in [-0.25, -0.2) is 0 Å².